The fraction of sp³-hybridized carbons (Fsp3) is 0.385. The first-order valence-electron chi connectivity index (χ1n) is 5.74. The number of nitrogens with one attached hydrogen (secondary N) is 1. The van der Waals surface area contributed by atoms with Gasteiger partial charge in [-0.2, -0.15) is 0 Å². The van der Waals surface area contributed by atoms with Crippen molar-refractivity contribution in [2.45, 2.75) is 32.9 Å². The predicted octanol–water partition coefficient (Wildman–Crippen LogP) is 2.48. The fourth-order valence-electron chi connectivity index (χ4n) is 1.33. The summed E-state index contributed by atoms with van der Waals surface area (Å²) in [6.07, 6.45) is -0.592. The Morgan fingerprint density at radius 3 is 2.58 bits per heavy atom. The van der Waals surface area contributed by atoms with Crippen molar-refractivity contribution in [2.24, 2.45) is 5.73 Å². The molecule has 6 heteroatoms. The van der Waals surface area contributed by atoms with Gasteiger partial charge in [0.25, 0.3) is 0 Å². The van der Waals surface area contributed by atoms with Crippen LogP contribution in [0, 0.1) is 5.82 Å². The van der Waals surface area contributed by atoms with Crippen molar-refractivity contribution < 1.29 is 13.9 Å². The summed E-state index contributed by atoms with van der Waals surface area (Å²) in [6, 6.07) is 4.38. The fourth-order valence-corrected chi connectivity index (χ4v) is 1.45. The maximum Gasteiger partial charge on any atom is 0.407 e. The Hall–Kier alpha value is -1.69. The average Bonchev–Trinajstić information content (AvgIpc) is 2.24. The lowest BCUT2D eigenvalue weighted by molar-refractivity contribution is 0.0523. The summed E-state index contributed by atoms with van der Waals surface area (Å²) in [5, 5.41) is 2.48. The van der Waals surface area contributed by atoms with Gasteiger partial charge in [-0.25, -0.2) is 9.18 Å². The molecule has 0 saturated heterocycles. The third kappa shape index (κ3) is 5.21. The van der Waals surface area contributed by atoms with Gasteiger partial charge in [-0.05, 0) is 26.8 Å². The first kappa shape index (κ1) is 15.4. The molecule has 0 aliphatic carbocycles. The second-order valence-electron chi connectivity index (χ2n) is 5.03. The van der Waals surface area contributed by atoms with Gasteiger partial charge < -0.3 is 15.8 Å². The summed E-state index contributed by atoms with van der Waals surface area (Å²) in [5.41, 5.74) is 5.61. The minimum atomic E-state index is -0.592. The number of rotatable bonds is 3. The number of hydrogen-bond donors (Lipinski definition) is 2. The highest BCUT2D eigenvalue weighted by molar-refractivity contribution is 7.80. The molecule has 0 heterocycles. The van der Waals surface area contributed by atoms with Gasteiger partial charge in [0.1, 0.15) is 16.4 Å². The zero-order valence-electron chi connectivity index (χ0n) is 11.1. The van der Waals surface area contributed by atoms with Gasteiger partial charge in [-0.1, -0.05) is 24.4 Å². The molecule has 3 N–H and O–H groups in total. The van der Waals surface area contributed by atoms with Crippen molar-refractivity contribution in [1.29, 1.82) is 0 Å². The summed E-state index contributed by atoms with van der Waals surface area (Å²) in [7, 11) is 0. The van der Waals surface area contributed by atoms with Crippen molar-refractivity contribution >= 4 is 23.3 Å². The zero-order valence-corrected chi connectivity index (χ0v) is 11.9. The SMILES string of the molecule is CC(C)(C)OC(=O)NCc1ccc(C(N)=S)cc1F. The van der Waals surface area contributed by atoms with Gasteiger partial charge in [-0.15, -0.1) is 0 Å². The molecule has 1 aromatic rings. The van der Waals surface area contributed by atoms with Crippen LogP contribution in [0.5, 0.6) is 0 Å². The number of ether oxygens (including phenoxy) is 1. The van der Waals surface area contributed by atoms with Crippen molar-refractivity contribution in [3.05, 3.63) is 35.1 Å². The molecule has 1 amide bonds. The summed E-state index contributed by atoms with van der Waals surface area (Å²) >= 11 is 4.75. The number of nitrogens with two attached hydrogens (primary N) is 1. The molecule has 0 aliphatic rings. The Labute approximate surface area is 117 Å². The maximum atomic E-state index is 13.7. The highest BCUT2D eigenvalue weighted by Gasteiger charge is 2.16. The smallest absolute Gasteiger partial charge is 0.407 e. The molecule has 1 aromatic carbocycles. The first-order chi connectivity index (χ1) is 8.69. The first-order valence-corrected chi connectivity index (χ1v) is 6.15. The molecular weight excluding hydrogens is 267 g/mol. The minimum Gasteiger partial charge on any atom is -0.444 e. The lowest BCUT2D eigenvalue weighted by Gasteiger charge is -2.19. The van der Waals surface area contributed by atoms with E-state index >= 15 is 0 Å². The molecule has 0 saturated carbocycles. The van der Waals surface area contributed by atoms with E-state index in [2.05, 4.69) is 5.32 Å². The quantitative estimate of drug-likeness (QED) is 0.837. The van der Waals surface area contributed by atoms with Crippen LogP contribution in [0.15, 0.2) is 18.2 Å². The Morgan fingerprint density at radius 2 is 2.11 bits per heavy atom. The van der Waals surface area contributed by atoms with Gasteiger partial charge in [0.15, 0.2) is 0 Å². The van der Waals surface area contributed by atoms with Crippen LogP contribution in [0.4, 0.5) is 9.18 Å². The van der Waals surface area contributed by atoms with Gasteiger partial charge in [-0.3, -0.25) is 0 Å². The monoisotopic (exact) mass is 284 g/mol. The third-order valence-electron chi connectivity index (χ3n) is 2.16. The Kier molecular flexibility index (Phi) is 4.83. The number of amides is 1. The summed E-state index contributed by atoms with van der Waals surface area (Å²) in [5.74, 6) is -0.471. The second-order valence-corrected chi connectivity index (χ2v) is 5.47. The summed E-state index contributed by atoms with van der Waals surface area (Å²) < 4.78 is 18.7. The molecule has 0 bridgehead atoms. The average molecular weight is 284 g/mol. The summed E-state index contributed by atoms with van der Waals surface area (Å²) in [6.45, 7) is 5.30. The Bertz CT molecular complexity index is 498. The molecule has 0 atom stereocenters. The number of carbonyl (C=O) groups is 1. The van der Waals surface area contributed by atoms with Crippen LogP contribution in [0.1, 0.15) is 31.9 Å². The molecule has 0 unspecified atom stereocenters. The standard InChI is InChI=1S/C13H17FN2O2S/c1-13(2,3)18-12(17)16-7-9-5-4-8(11(15)19)6-10(9)14/h4-6H,7H2,1-3H3,(H2,15,19)(H,16,17). The molecule has 1 rings (SSSR count). The topological polar surface area (TPSA) is 64.3 Å². The lowest BCUT2D eigenvalue weighted by atomic mass is 10.1. The van der Waals surface area contributed by atoms with Crippen LogP contribution >= 0.6 is 12.2 Å². The van der Waals surface area contributed by atoms with Crippen LogP contribution in [0.2, 0.25) is 0 Å². The predicted molar refractivity (Wildman–Crippen MR) is 75.4 cm³/mol. The van der Waals surface area contributed by atoms with E-state index in [1.54, 1.807) is 26.8 Å². The third-order valence-corrected chi connectivity index (χ3v) is 2.40. The van der Waals surface area contributed by atoms with E-state index in [1.807, 2.05) is 0 Å². The molecule has 0 radical (unpaired) electrons. The van der Waals surface area contributed by atoms with E-state index in [0.717, 1.165) is 0 Å². The number of benzene rings is 1. The molecule has 104 valence electrons. The van der Waals surface area contributed by atoms with Gasteiger partial charge >= 0.3 is 6.09 Å². The van der Waals surface area contributed by atoms with Crippen LogP contribution in [0.25, 0.3) is 0 Å². The number of thiocarbonyl (C=S) groups is 1. The second kappa shape index (κ2) is 5.97. The van der Waals surface area contributed by atoms with E-state index in [-0.39, 0.29) is 11.5 Å². The van der Waals surface area contributed by atoms with Crippen molar-refractivity contribution in [3.63, 3.8) is 0 Å². The molecule has 0 aromatic heterocycles. The van der Waals surface area contributed by atoms with Crippen LogP contribution in [0.3, 0.4) is 0 Å². The van der Waals surface area contributed by atoms with Crippen LogP contribution in [-0.4, -0.2) is 16.7 Å². The Morgan fingerprint density at radius 1 is 1.47 bits per heavy atom. The lowest BCUT2D eigenvalue weighted by Crippen LogP contribution is -2.32. The highest BCUT2D eigenvalue weighted by atomic mass is 32.1. The Balaban J connectivity index is 2.64. The number of halogens is 1. The van der Waals surface area contributed by atoms with Crippen LogP contribution in [-0.2, 0) is 11.3 Å². The molecule has 0 spiro atoms. The molecule has 0 aliphatic heterocycles. The van der Waals surface area contributed by atoms with Gasteiger partial charge in [0.2, 0.25) is 0 Å². The normalized spacial score (nSPS) is 10.9. The molecule has 0 fully saturated rings. The van der Waals surface area contributed by atoms with Gasteiger partial charge in [0.05, 0.1) is 0 Å². The minimum absolute atomic E-state index is 0.0400. The van der Waals surface area contributed by atoms with Gasteiger partial charge in [0, 0.05) is 17.7 Å². The van der Waals surface area contributed by atoms with E-state index in [9.17, 15) is 9.18 Å². The highest BCUT2D eigenvalue weighted by Crippen LogP contribution is 2.11. The van der Waals surface area contributed by atoms with E-state index in [4.69, 9.17) is 22.7 Å². The van der Waals surface area contributed by atoms with Crippen LogP contribution < -0.4 is 11.1 Å². The van der Waals surface area contributed by atoms with Crippen molar-refractivity contribution in [1.82, 2.24) is 5.32 Å². The summed E-state index contributed by atoms with van der Waals surface area (Å²) in [4.78, 5) is 11.6. The largest absolute Gasteiger partial charge is 0.444 e. The number of hydrogen-bond acceptors (Lipinski definition) is 3. The van der Waals surface area contributed by atoms with Crippen molar-refractivity contribution in [2.75, 3.05) is 0 Å². The maximum absolute atomic E-state index is 13.7. The van der Waals surface area contributed by atoms with E-state index in [1.165, 1.54) is 12.1 Å². The molecule has 19 heavy (non-hydrogen) atoms. The molecule has 4 nitrogen and oxygen atoms in total. The molecular formula is C13H17FN2O2S. The zero-order chi connectivity index (χ0) is 14.6. The van der Waals surface area contributed by atoms with Crippen molar-refractivity contribution in [3.8, 4) is 0 Å². The number of alkyl carbamates (subject to hydrolysis) is 1. The van der Waals surface area contributed by atoms with E-state index < -0.39 is 17.5 Å². The van der Waals surface area contributed by atoms with E-state index in [0.29, 0.717) is 11.1 Å². The number of carbonyl (C=O) groups excluding carboxylic acids is 1.